The van der Waals surface area contributed by atoms with Crippen molar-refractivity contribution in [3.8, 4) is 0 Å². The smallest absolute Gasteiger partial charge is 0.335 e. The minimum atomic E-state index is -0.685. The number of ketones is 1. The molecule has 0 heterocycles. The minimum Gasteiger partial charge on any atom is -0.453 e. The van der Waals surface area contributed by atoms with E-state index in [2.05, 4.69) is 4.74 Å². The SMILES string of the molecule is COC(C)C(=O)OC(C)C(C)=O.COC(O)C(C)C. The second-order valence-electron chi connectivity index (χ2n) is 4.44. The first-order chi connectivity index (χ1) is 8.67. The van der Waals surface area contributed by atoms with Gasteiger partial charge < -0.3 is 19.3 Å². The van der Waals surface area contributed by atoms with Crippen molar-refractivity contribution in [3.63, 3.8) is 0 Å². The Hall–Kier alpha value is -0.980. The quantitative estimate of drug-likeness (QED) is 0.580. The van der Waals surface area contributed by atoms with Crippen LogP contribution in [0, 0.1) is 5.92 Å². The second-order valence-corrected chi connectivity index (χ2v) is 4.44. The van der Waals surface area contributed by atoms with Crippen LogP contribution in [-0.2, 0) is 23.8 Å². The maximum absolute atomic E-state index is 11.0. The number of hydrogen-bond acceptors (Lipinski definition) is 6. The second kappa shape index (κ2) is 10.9. The summed E-state index contributed by atoms with van der Waals surface area (Å²) in [6.45, 7) is 8.26. The summed E-state index contributed by atoms with van der Waals surface area (Å²) in [4.78, 5) is 21.7. The molecule has 0 aliphatic rings. The van der Waals surface area contributed by atoms with Crippen LogP contribution in [0.3, 0.4) is 0 Å². The van der Waals surface area contributed by atoms with Crippen molar-refractivity contribution in [1.29, 1.82) is 0 Å². The molecule has 3 atom stereocenters. The van der Waals surface area contributed by atoms with E-state index in [1.165, 1.54) is 28.1 Å². The molecule has 0 aromatic rings. The van der Waals surface area contributed by atoms with Gasteiger partial charge in [0.25, 0.3) is 0 Å². The number of Topliss-reactive ketones (excluding diaryl/α,β-unsaturated/α-hetero) is 1. The highest BCUT2D eigenvalue weighted by atomic mass is 16.6. The van der Waals surface area contributed by atoms with E-state index in [1.807, 2.05) is 13.8 Å². The minimum absolute atomic E-state index is 0.174. The van der Waals surface area contributed by atoms with Gasteiger partial charge in [0.2, 0.25) is 0 Å². The molecule has 0 amide bonds. The summed E-state index contributed by atoms with van der Waals surface area (Å²) in [6, 6.07) is 0. The Bertz CT molecular complexity index is 264. The molecule has 6 nitrogen and oxygen atoms in total. The summed E-state index contributed by atoms with van der Waals surface area (Å²) in [7, 11) is 2.90. The normalized spacial score (nSPS) is 15.0. The van der Waals surface area contributed by atoms with E-state index >= 15 is 0 Å². The van der Waals surface area contributed by atoms with E-state index in [4.69, 9.17) is 14.6 Å². The lowest BCUT2D eigenvalue weighted by Gasteiger charge is -2.13. The Morgan fingerprint density at radius 3 is 1.63 bits per heavy atom. The summed E-state index contributed by atoms with van der Waals surface area (Å²) in [5, 5.41) is 8.71. The number of esters is 1. The summed E-state index contributed by atoms with van der Waals surface area (Å²) >= 11 is 0. The molecule has 3 unspecified atom stereocenters. The molecular weight excluding hydrogens is 252 g/mol. The molecule has 0 saturated heterocycles. The van der Waals surface area contributed by atoms with Gasteiger partial charge in [0.15, 0.2) is 24.3 Å². The van der Waals surface area contributed by atoms with E-state index < -0.39 is 24.5 Å². The highest BCUT2D eigenvalue weighted by molar-refractivity contribution is 5.84. The highest BCUT2D eigenvalue weighted by Gasteiger charge is 2.18. The van der Waals surface area contributed by atoms with Crippen LogP contribution in [0.2, 0.25) is 0 Å². The molecule has 0 fully saturated rings. The number of methoxy groups -OCH3 is 2. The van der Waals surface area contributed by atoms with Gasteiger partial charge in [-0.25, -0.2) is 4.79 Å². The number of aliphatic hydroxyl groups is 1. The fraction of sp³-hybridized carbons (Fsp3) is 0.846. The largest absolute Gasteiger partial charge is 0.453 e. The number of ether oxygens (including phenoxy) is 3. The monoisotopic (exact) mass is 278 g/mol. The van der Waals surface area contributed by atoms with Crippen LogP contribution in [0.4, 0.5) is 0 Å². The number of carbonyl (C=O) groups excluding carboxylic acids is 2. The number of hydrogen-bond donors (Lipinski definition) is 1. The van der Waals surface area contributed by atoms with Gasteiger partial charge >= 0.3 is 5.97 Å². The fourth-order valence-corrected chi connectivity index (χ4v) is 0.721. The van der Waals surface area contributed by atoms with Crippen molar-refractivity contribution in [2.24, 2.45) is 5.92 Å². The predicted molar refractivity (Wildman–Crippen MR) is 70.6 cm³/mol. The third kappa shape index (κ3) is 10.6. The van der Waals surface area contributed by atoms with Crippen LogP contribution >= 0.6 is 0 Å². The van der Waals surface area contributed by atoms with Crippen LogP contribution in [0.5, 0.6) is 0 Å². The van der Waals surface area contributed by atoms with Crippen LogP contribution in [-0.4, -0.2) is 49.6 Å². The Balaban J connectivity index is 0. The summed E-state index contributed by atoms with van der Waals surface area (Å²) in [5.41, 5.74) is 0. The van der Waals surface area contributed by atoms with Crippen molar-refractivity contribution in [2.75, 3.05) is 14.2 Å². The maximum atomic E-state index is 11.0. The van der Waals surface area contributed by atoms with Crippen molar-refractivity contribution in [3.05, 3.63) is 0 Å². The lowest BCUT2D eigenvalue weighted by atomic mass is 10.2. The van der Waals surface area contributed by atoms with Gasteiger partial charge in [-0.15, -0.1) is 0 Å². The van der Waals surface area contributed by atoms with Crippen LogP contribution in [0.15, 0.2) is 0 Å². The summed E-state index contributed by atoms with van der Waals surface area (Å²) in [6.07, 6.45) is -1.90. The average molecular weight is 278 g/mol. The molecular formula is C13H26O6. The molecule has 114 valence electrons. The van der Waals surface area contributed by atoms with Crippen LogP contribution in [0.25, 0.3) is 0 Å². The summed E-state index contributed by atoms with van der Waals surface area (Å²) in [5.74, 6) is -0.489. The molecule has 0 radical (unpaired) electrons. The highest BCUT2D eigenvalue weighted by Crippen LogP contribution is 1.99. The average Bonchev–Trinajstić information content (AvgIpc) is 2.36. The van der Waals surface area contributed by atoms with Crippen LogP contribution < -0.4 is 0 Å². The van der Waals surface area contributed by atoms with E-state index in [-0.39, 0.29) is 11.7 Å². The van der Waals surface area contributed by atoms with Gasteiger partial charge in [0, 0.05) is 20.1 Å². The van der Waals surface area contributed by atoms with Crippen molar-refractivity contribution < 1.29 is 28.9 Å². The fourth-order valence-electron chi connectivity index (χ4n) is 0.721. The zero-order valence-corrected chi connectivity index (χ0v) is 12.8. The number of aliphatic hydroxyl groups excluding tert-OH is 1. The zero-order valence-electron chi connectivity index (χ0n) is 12.8. The van der Waals surface area contributed by atoms with Gasteiger partial charge in [-0.1, -0.05) is 13.8 Å². The van der Waals surface area contributed by atoms with Crippen molar-refractivity contribution in [2.45, 2.75) is 53.1 Å². The lowest BCUT2D eigenvalue weighted by molar-refractivity contribution is -0.162. The Morgan fingerprint density at radius 2 is 1.42 bits per heavy atom. The molecule has 0 aliphatic carbocycles. The molecule has 0 spiro atoms. The molecule has 6 heteroatoms. The summed E-state index contributed by atoms with van der Waals surface area (Å²) < 4.78 is 14.0. The first-order valence-corrected chi connectivity index (χ1v) is 6.11. The third-order valence-electron chi connectivity index (χ3n) is 2.36. The van der Waals surface area contributed by atoms with Gasteiger partial charge in [-0.3, -0.25) is 4.79 Å². The number of rotatable bonds is 6. The topological polar surface area (TPSA) is 82.1 Å². The molecule has 0 bridgehead atoms. The Kier molecular flexibility index (Phi) is 11.7. The third-order valence-corrected chi connectivity index (χ3v) is 2.36. The van der Waals surface area contributed by atoms with E-state index in [1.54, 1.807) is 6.92 Å². The Labute approximate surface area is 115 Å². The Morgan fingerprint density at radius 1 is 0.947 bits per heavy atom. The van der Waals surface area contributed by atoms with Gasteiger partial charge in [-0.05, 0) is 20.8 Å². The molecule has 0 aromatic carbocycles. The maximum Gasteiger partial charge on any atom is 0.335 e. The first kappa shape index (κ1) is 20.3. The van der Waals surface area contributed by atoms with E-state index in [9.17, 15) is 9.59 Å². The van der Waals surface area contributed by atoms with Gasteiger partial charge in [0.05, 0.1) is 0 Å². The van der Waals surface area contributed by atoms with Gasteiger partial charge in [-0.2, -0.15) is 0 Å². The standard InChI is InChI=1S/C8H14O4.C5H12O2/c1-5(9)6(2)12-8(10)7(3)11-4;1-4(2)5(6)7-3/h6-7H,1-4H3;4-6H,1-3H3. The molecule has 0 rings (SSSR count). The molecule has 1 N–H and O–H groups in total. The number of carbonyl (C=O) groups is 2. The van der Waals surface area contributed by atoms with E-state index in [0.29, 0.717) is 0 Å². The van der Waals surface area contributed by atoms with Crippen molar-refractivity contribution in [1.82, 2.24) is 0 Å². The first-order valence-electron chi connectivity index (χ1n) is 6.11. The van der Waals surface area contributed by atoms with Crippen molar-refractivity contribution >= 4 is 11.8 Å². The predicted octanol–water partition coefficient (Wildman–Crippen LogP) is 1.15. The zero-order chi connectivity index (χ0) is 15.6. The molecule has 0 aliphatic heterocycles. The molecule has 0 saturated carbocycles. The van der Waals surface area contributed by atoms with E-state index in [0.717, 1.165) is 0 Å². The van der Waals surface area contributed by atoms with Crippen LogP contribution in [0.1, 0.15) is 34.6 Å². The molecule has 0 aromatic heterocycles. The molecule has 19 heavy (non-hydrogen) atoms. The van der Waals surface area contributed by atoms with Gasteiger partial charge in [0.1, 0.15) is 0 Å². The lowest BCUT2D eigenvalue weighted by Crippen LogP contribution is -2.29.